The minimum absolute atomic E-state index is 0.392. The number of primary amides is 1. The molecule has 1 aromatic rings. The Morgan fingerprint density at radius 2 is 2.12 bits per heavy atom. The van der Waals surface area contributed by atoms with Crippen LogP contribution < -0.4 is 10.5 Å². The first-order valence-electron chi connectivity index (χ1n) is 4.22. The third-order valence-corrected chi connectivity index (χ3v) is 1.71. The molecule has 4 N–H and O–H groups in total. The summed E-state index contributed by atoms with van der Waals surface area (Å²) in [5.41, 5.74) is 3.90. The second-order valence-electron chi connectivity index (χ2n) is 3.04. The lowest BCUT2D eigenvalue weighted by atomic mass is 10.1. The van der Waals surface area contributed by atoms with Crippen molar-refractivity contribution in [3.05, 3.63) is 33.9 Å². The molecule has 0 aliphatic carbocycles. The van der Waals surface area contributed by atoms with Crippen molar-refractivity contribution >= 4 is 19.4 Å². The fourth-order valence-corrected chi connectivity index (χ4v) is 1.12. The van der Waals surface area contributed by atoms with Gasteiger partial charge in [0.1, 0.15) is 0 Å². The van der Waals surface area contributed by atoms with E-state index in [0.29, 0.717) is 0 Å². The van der Waals surface area contributed by atoms with Gasteiger partial charge in [-0.25, -0.2) is 0 Å². The number of benzene rings is 1. The number of nitro groups is 1. The third-order valence-electron chi connectivity index (χ3n) is 1.71. The summed E-state index contributed by atoms with van der Waals surface area (Å²) in [4.78, 5) is 20.8. The largest absolute Gasteiger partial charge is 0.441 e. The summed E-state index contributed by atoms with van der Waals surface area (Å²) >= 11 is 0. The minimum Gasteiger partial charge on any atom is -0.441 e. The van der Waals surface area contributed by atoms with Gasteiger partial charge in [-0.05, 0) is 6.07 Å². The van der Waals surface area contributed by atoms with Crippen LogP contribution in [0.15, 0.2) is 18.2 Å². The third kappa shape index (κ3) is 3.16. The van der Waals surface area contributed by atoms with Crippen molar-refractivity contribution in [1.82, 2.24) is 0 Å². The quantitative estimate of drug-likeness (QED) is 0.262. The molecular formula is C8H7BN2O6. The van der Waals surface area contributed by atoms with Crippen molar-refractivity contribution in [1.29, 1.82) is 0 Å². The first-order chi connectivity index (χ1) is 7.72. The molecular weight excluding hydrogens is 231 g/mol. The SMILES string of the molecule is [B]C(O)(O)Oc1c(C(N)=O)cccc1[N+](=O)[O-]. The number of nitrogens with two attached hydrogens (primary N) is 1. The van der Waals surface area contributed by atoms with Crippen molar-refractivity contribution in [2.75, 3.05) is 0 Å². The van der Waals surface area contributed by atoms with Gasteiger partial charge in [0.25, 0.3) is 11.8 Å². The van der Waals surface area contributed by atoms with E-state index in [0.717, 1.165) is 12.1 Å². The van der Waals surface area contributed by atoms with Crippen molar-refractivity contribution in [3.8, 4) is 5.75 Å². The molecule has 0 aliphatic rings. The molecule has 1 amide bonds. The zero-order chi connectivity index (χ0) is 13.2. The Hall–Kier alpha value is -2.13. The van der Waals surface area contributed by atoms with Crippen LogP contribution >= 0.6 is 0 Å². The van der Waals surface area contributed by atoms with Crippen LogP contribution in [-0.4, -0.2) is 34.8 Å². The number of carbonyl (C=O) groups is 1. The molecule has 9 heteroatoms. The lowest BCUT2D eigenvalue weighted by molar-refractivity contribution is -0.387. The molecule has 0 fully saturated rings. The van der Waals surface area contributed by atoms with Gasteiger partial charge in [0.2, 0.25) is 13.6 Å². The van der Waals surface area contributed by atoms with Gasteiger partial charge in [0.15, 0.2) is 0 Å². The van der Waals surface area contributed by atoms with Crippen LogP contribution in [0.2, 0.25) is 0 Å². The predicted octanol–water partition coefficient (Wildman–Crippen LogP) is -1.16. The number of ether oxygens (including phenoxy) is 1. The van der Waals surface area contributed by atoms with E-state index in [1.165, 1.54) is 6.07 Å². The van der Waals surface area contributed by atoms with Crippen LogP contribution in [0.25, 0.3) is 0 Å². The van der Waals surface area contributed by atoms with Gasteiger partial charge in [0.05, 0.1) is 10.5 Å². The van der Waals surface area contributed by atoms with Gasteiger partial charge in [-0.2, -0.15) is 0 Å². The molecule has 0 atom stereocenters. The van der Waals surface area contributed by atoms with Gasteiger partial charge >= 0.3 is 5.69 Å². The van der Waals surface area contributed by atoms with Crippen LogP contribution in [0.5, 0.6) is 5.75 Å². The molecule has 0 bridgehead atoms. The Bertz CT molecular complexity index is 437. The maximum atomic E-state index is 11.0. The summed E-state index contributed by atoms with van der Waals surface area (Å²) in [6.07, 6.45) is 0. The number of carbonyl (C=O) groups excluding carboxylic acids is 1. The number of nitro benzene ring substituents is 1. The highest BCUT2D eigenvalue weighted by molar-refractivity contribution is 6.12. The second kappa shape index (κ2) is 4.40. The molecule has 8 nitrogen and oxygen atoms in total. The topological polar surface area (TPSA) is 136 Å². The summed E-state index contributed by atoms with van der Waals surface area (Å²) in [5, 5.41) is 28.3. The molecule has 17 heavy (non-hydrogen) atoms. The van der Waals surface area contributed by atoms with Crippen LogP contribution in [0, 0.1) is 10.1 Å². The Morgan fingerprint density at radius 3 is 2.53 bits per heavy atom. The van der Waals surface area contributed by atoms with E-state index >= 15 is 0 Å². The standard InChI is InChI=1S/C8H7BN2O6/c9-8(13,14)17-6-4(7(10)12)2-1-3-5(6)11(15)16/h1-3,13-14H,(H2,10,12). The number of hydrogen-bond acceptors (Lipinski definition) is 6. The van der Waals surface area contributed by atoms with Crippen LogP contribution in [0.4, 0.5) is 5.69 Å². The number of nitrogens with zero attached hydrogens (tertiary/aromatic N) is 1. The molecule has 0 spiro atoms. The molecule has 0 aromatic heterocycles. The highest BCUT2D eigenvalue weighted by Gasteiger charge is 2.27. The normalized spacial score (nSPS) is 10.9. The number of rotatable bonds is 4. The van der Waals surface area contributed by atoms with E-state index in [1.807, 2.05) is 0 Å². The van der Waals surface area contributed by atoms with Crippen molar-refractivity contribution in [3.63, 3.8) is 0 Å². The fourth-order valence-electron chi connectivity index (χ4n) is 1.12. The first kappa shape index (κ1) is 12.9. The zero-order valence-electron chi connectivity index (χ0n) is 8.36. The maximum absolute atomic E-state index is 11.0. The number of amides is 1. The molecule has 0 aliphatic heterocycles. The Labute approximate surface area is 96.2 Å². The average Bonchev–Trinajstić information content (AvgIpc) is 2.14. The van der Waals surface area contributed by atoms with E-state index in [9.17, 15) is 14.9 Å². The Balaban J connectivity index is 3.39. The monoisotopic (exact) mass is 238 g/mol. The molecule has 0 saturated carbocycles. The van der Waals surface area contributed by atoms with E-state index in [4.69, 9.17) is 23.8 Å². The highest BCUT2D eigenvalue weighted by atomic mass is 16.8. The fraction of sp³-hybridized carbons (Fsp3) is 0.125. The molecule has 0 unspecified atom stereocenters. The van der Waals surface area contributed by atoms with Gasteiger partial charge in [-0.15, -0.1) is 0 Å². The minimum atomic E-state index is -3.16. The van der Waals surface area contributed by atoms with Crippen molar-refractivity contribution < 1.29 is 24.7 Å². The molecule has 2 radical (unpaired) electrons. The molecule has 0 heterocycles. The summed E-state index contributed by atoms with van der Waals surface area (Å²) < 4.78 is 4.33. The average molecular weight is 238 g/mol. The van der Waals surface area contributed by atoms with E-state index in [1.54, 1.807) is 0 Å². The predicted molar refractivity (Wildman–Crippen MR) is 55.2 cm³/mol. The van der Waals surface area contributed by atoms with Crippen molar-refractivity contribution in [2.45, 2.75) is 5.87 Å². The molecule has 0 saturated heterocycles. The second-order valence-corrected chi connectivity index (χ2v) is 3.04. The molecule has 88 valence electrons. The van der Waals surface area contributed by atoms with E-state index in [2.05, 4.69) is 4.74 Å². The number of para-hydroxylation sites is 1. The highest BCUT2D eigenvalue weighted by Crippen LogP contribution is 2.32. The smallest absolute Gasteiger partial charge is 0.311 e. The Kier molecular flexibility index (Phi) is 3.35. The van der Waals surface area contributed by atoms with Crippen molar-refractivity contribution in [2.24, 2.45) is 5.73 Å². The summed E-state index contributed by atoms with van der Waals surface area (Å²) in [6, 6.07) is 3.31. The van der Waals surface area contributed by atoms with E-state index < -0.39 is 33.7 Å². The number of hydrogen-bond donors (Lipinski definition) is 3. The lowest BCUT2D eigenvalue weighted by Gasteiger charge is -2.19. The molecule has 1 aromatic carbocycles. The van der Waals surface area contributed by atoms with Gasteiger partial charge in [-0.3, -0.25) is 14.9 Å². The van der Waals surface area contributed by atoms with E-state index in [-0.39, 0.29) is 0 Å². The summed E-state index contributed by atoms with van der Waals surface area (Å²) in [6.45, 7) is 0. The van der Waals surface area contributed by atoms with Gasteiger partial charge < -0.3 is 20.7 Å². The zero-order valence-corrected chi connectivity index (χ0v) is 8.36. The summed E-state index contributed by atoms with van der Waals surface area (Å²) in [5.74, 6) is -4.90. The number of aliphatic hydroxyl groups is 2. The van der Waals surface area contributed by atoms with Crippen LogP contribution in [-0.2, 0) is 0 Å². The molecule has 1 rings (SSSR count). The lowest BCUT2D eigenvalue weighted by Crippen LogP contribution is -2.36. The van der Waals surface area contributed by atoms with Gasteiger partial charge in [-0.1, -0.05) is 6.07 Å². The van der Waals surface area contributed by atoms with Crippen LogP contribution in [0.3, 0.4) is 0 Å². The van der Waals surface area contributed by atoms with Crippen LogP contribution in [0.1, 0.15) is 10.4 Å². The maximum Gasteiger partial charge on any atom is 0.311 e. The Morgan fingerprint density at radius 1 is 1.53 bits per heavy atom. The van der Waals surface area contributed by atoms with Gasteiger partial charge in [0, 0.05) is 6.07 Å². The summed E-state index contributed by atoms with van der Waals surface area (Å²) in [7, 11) is 4.72. The first-order valence-corrected chi connectivity index (χ1v) is 4.22.